The summed E-state index contributed by atoms with van der Waals surface area (Å²) < 4.78 is 7.05. The summed E-state index contributed by atoms with van der Waals surface area (Å²) in [6.07, 6.45) is 1.04. The smallest absolute Gasteiger partial charge is 0.204 e. The zero-order chi connectivity index (χ0) is 10.8. The number of imidazole rings is 1. The molecule has 0 spiro atoms. The standard InChI is InChI=1S/C9H13Cl2N3O/c1-14-7(8(10)13-9(14)11)4-12-6-2-3-15-5-6/h6,12H,2-5H2,1H3. The Kier molecular flexibility index (Phi) is 3.51. The van der Waals surface area contributed by atoms with Gasteiger partial charge in [-0.2, -0.15) is 0 Å². The molecule has 1 N–H and O–H groups in total. The Balaban J connectivity index is 1.97. The van der Waals surface area contributed by atoms with Crippen molar-refractivity contribution in [3.8, 4) is 0 Å². The van der Waals surface area contributed by atoms with Gasteiger partial charge in [-0.05, 0) is 18.0 Å². The zero-order valence-corrected chi connectivity index (χ0v) is 9.98. The summed E-state index contributed by atoms with van der Waals surface area (Å²) in [5.41, 5.74) is 0.911. The number of ether oxygens (including phenoxy) is 1. The minimum absolute atomic E-state index is 0.412. The maximum atomic E-state index is 5.95. The van der Waals surface area contributed by atoms with Crippen LogP contribution in [0.1, 0.15) is 12.1 Å². The molecule has 0 aliphatic carbocycles. The van der Waals surface area contributed by atoms with Gasteiger partial charge in [0.2, 0.25) is 5.28 Å². The third kappa shape index (κ3) is 2.45. The van der Waals surface area contributed by atoms with E-state index >= 15 is 0 Å². The van der Waals surface area contributed by atoms with Crippen molar-refractivity contribution < 1.29 is 4.74 Å². The van der Waals surface area contributed by atoms with Gasteiger partial charge in [0, 0.05) is 26.2 Å². The Morgan fingerprint density at radius 2 is 2.40 bits per heavy atom. The fourth-order valence-electron chi connectivity index (χ4n) is 1.60. The van der Waals surface area contributed by atoms with Crippen molar-refractivity contribution in [2.45, 2.75) is 19.0 Å². The van der Waals surface area contributed by atoms with Crippen LogP contribution in [-0.2, 0) is 18.3 Å². The molecule has 6 heteroatoms. The first-order chi connectivity index (χ1) is 7.18. The molecule has 1 aliphatic heterocycles. The average molecular weight is 250 g/mol. The minimum atomic E-state index is 0.412. The van der Waals surface area contributed by atoms with Crippen molar-refractivity contribution in [1.82, 2.24) is 14.9 Å². The van der Waals surface area contributed by atoms with Gasteiger partial charge in [-0.3, -0.25) is 0 Å². The first kappa shape index (κ1) is 11.2. The van der Waals surface area contributed by atoms with Gasteiger partial charge in [-0.1, -0.05) is 11.6 Å². The fourth-order valence-corrected chi connectivity index (χ4v) is 2.10. The van der Waals surface area contributed by atoms with E-state index in [9.17, 15) is 0 Å². The molecular weight excluding hydrogens is 237 g/mol. The van der Waals surface area contributed by atoms with Crippen LogP contribution in [0.2, 0.25) is 10.4 Å². The van der Waals surface area contributed by atoms with Gasteiger partial charge in [0.05, 0.1) is 12.3 Å². The van der Waals surface area contributed by atoms with Crippen LogP contribution in [0.25, 0.3) is 0 Å². The molecule has 1 aromatic heterocycles. The molecule has 84 valence electrons. The summed E-state index contributed by atoms with van der Waals surface area (Å²) in [5, 5.41) is 4.25. The second kappa shape index (κ2) is 4.70. The van der Waals surface area contributed by atoms with E-state index in [-0.39, 0.29) is 0 Å². The molecule has 2 heterocycles. The molecule has 1 fully saturated rings. The maximum absolute atomic E-state index is 5.95. The van der Waals surface area contributed by atoms with E-state index in [0.717, 1.165) is 25.3 Å². The molecule has 1 aromatic rings. The van der Waals surface area contributed by atoms with E-state index in [2.05, 4.69) is 10.3 Å². The molecule has 15 heavy (non-hydrogen) atoms. The van der Waals surface area contributed by atoms with Crippen molar-refractivity contribution >= 4 is 23.2 Å². The van der Waals surface area contributed by atoms with E-state index in [1.54, 1.807) is 4.57 Å². The topological polar surface area (TPSA) is 39.1 Å². The third-order valence-electron chi connectivity index (χ3n) is 2.60. The molecule has 1 aliphatic rings. The quantitative estimate of drug-likeness (QED) is 0.885. The molecule has 1 saturated heterocycles. The lowest BCUT2D eigenvalue weighted by Gasteiger charge is -2.10. The van der Waals surface area contributed by atoms with Gasteiger partial charge in [0.15, 0.2) is 5.15 Å². The van der Waals surface area contributed by atoms with E-state index in [1.165, 1.54) is 0 Å². The van der Waals surface area contributed by atoms with Crippen LogP contribution in [0.4, 0.5) is 0 Å². The monoisotopic (exact) mass is 249 g/mol. The van der Waals surface area contributed by atoms with Gasteiger partial charge in [-0.15, -0.1) is 0 Å². The molecule has 1 unspecified atom stereocenters. The van der Waals surface area contributed by atoms with Gasteiger partial charge in [-0.25, -0.2) is 4.98 Å². The summed E-state index contributed by atoms with van der Waals surface area (Å²) >= 11 is 11.8. The molecule has 0 saturated carbocycles. The number of hydrogen-bond donors (Lipinski definition) is 1. The molecule has 2 rings (SSSR count). The van der Waals surface area contributed by atoms with Crippen molar-refractivity contribution in [1.29, 1.82) is 0 Å². The zero-order valence-electron chi connectivity index (χ0n) is 8.46. The first-order valence-electron chi connectivity index (χ1n) is 4.86. The summed E-state index contributed by atoms with van der Waals surface area (Å²) in [6, 6.07) is 0.412. The normalized spacial score (nSPS) is 21.1. The molecule has 1 atom stereocenters. The highest BCUT2D eigenvalue weighted by molar-refractivity contribution is 6.32. The number of hydrogen-bond acceptors (Lipinski definition) is 3. The molecule has 0 bridgehead atoms. The van der Waals surface area contributed by atoms with Crippen LogP contribution < -0.4 is 5.32 Å². The number of rotatable bonds is 3. The van der Waals surface area contributed by atoms with Gasteiger partial charge in [0.25, 0.3) is 0 Å². The summed E-state index contributed by atoms with van der Waals surface area (Å²) in [6.45, 7) is 2.27. The summed E-state index contributed by atoms with van der Waals surface area (Å²) in [7, 11) is 1.85. The number of aromatic nitrogens is 2. The van der Waals surface area contributed by atoms with Crippen molar-refractivity contribution in [2.24, 2.45) is 7.05 Å². The number of nitrogens with zero attached hydrogens (tertiary/aromatic N) is 2. The largest absolute Gasteiger partial charge is 0.380 e. The molecule has 0 aromatic carbocycles. The Morgan fingerprint density at radius 1 is 1.60 bits per heavy atom. The van der Waals surface area contributed by atoms with E-state index in [4.69, 9.17) is 27.9 Å². The summed E-state index contributed by atoms with van der Waals surface area (Å²) in [5.74, 6) is 0. The predicted octanol–water partition coefficient (Wildman–Crippen LogP) is 1.61. The summed E-state index contributed by atoms with van der Waals surface area (Å²) in [4.78, 5) is 3.98. The molecule has 0 amide bonds. The van der Waals surface area contributed by atoms with Crippen LogP contribution in [-0.4, -0.2) is 28.8 Å². The first-order valence-corrected chi connectivity index (χ1v) is 5.62. The number of nitrogens with one attached hydrogen (secondary N) is 1. The van der Waals surface area contributed by atoms with Crippen molar-refractivity contribution in [3.05, 3.63) is 16.1 Å². The Morgan fingerprint density at radius 3 is 2.93 bits per heavy atom. The number of halogens is 2. The van der Waals surface area contributed by atoms with Crippen LogP contribution in [0, 0.1) is 0 Å². The van der Waals surface area contributed by atoms with Gasteiger partial charge in [0.1, 0.15) is 0 Å². The van der Waals surface area contributed by atoms with Gasteiger partial charge >= 0.3 is 0 Å². The lowest BCUT2D eigenvalue weighted by molar-refractivity contribution is 0.189. The van der Waals surface area contributed by atoms with E-state index < -0.39 is 0 Å². The molecule has 4 nitrogen and oxygen atoms in total. The van der Waals surface area contributed by atoms with Crippen LogP contribution in [0.5, 0.6) is 0 Å². The highest BCUT2D eigenvalue weighted by Gasteiger charge is 2.17. The van der Waals surface area contributed by atoms with Crippen LogP contribution >= 0.6 is 23.2 Å². The van der Waals surface area contributed by atoms with Crippen molar-refractivity contribution in [2.75, 3.05) is 13.2 Å². The second-order valence-electron chi connectivity index (χ2n) is 3.62. The lowest BCUT2D eigenvalue weighted by Crippen LogP contribution is -2.29. The highest BCUT2D eigenvalue weighted by Crippen LogP contribution is 2.19. The van der Waals surface area contributed by atoms with Gasteiger partial charge < -0.3 is 14.6 Å². The molecular formula is C9H13Cl2N3O. The molecule has 0 radical (unpaired) electrons. The Bertz CT molecular complexity index is 347. The van der Waals surface area contributed by atoms with Crippen LogP contribution in [0.15, 0.2) is 0 Å². The highest BCUT2D eigenvalue weighted by atomic mass is 35.5. The average Bonchev–Trinajstić information content (AvgIpc) is 2.76. The SMILES string of the molecule is Cn1c(Cl)nc(Cl)c1CNC1CCOC1. The third-order valence-corrected chi connectivity index (χ3v) is 3.24. The van der Waals surface area contributed by atoms with E-state index in [1.807, 2.05) is 7.05 Å². The Labute approximate surface area is 98.5 Å². The fraction of sp³-hybridized carbons (Fsp3) is 0.667. The second-order valence-corrected chi connectivity index (χ2v) is 4.31. The maximum Gasteiger partial charge on any atom is 0.204 e. The van der Waals surface area contributed by atoms with Crippen LogP contribution in [0.3, 0.4) is 0 Å². The predicted molar refractivity (Wildman–Crippen MR) is 59.3 cm³/mol. The lowest BCUT2D eigenvalue weighted by atomic mass is 10.2. The minimum Gasteiger partial charge on any atom is -0.380 e. The van der Waals surface area contributed by atoms with Crippen molar-refractivity contribution in [3.63, 3.8) is 0 Å². The van der Waals surface area contributed by atoms with E-state index in [0.29, 0.717) is 23.0 Å². The Hall–Kier alpha value is -0.290.